The molecule has 0 radical (unpaired) electrons. The first kappa shape index (κ1) is 20.7. The van der Waals surface area contributed by atoms with Gasteiger partial charge in [-0.1, -0.05) is 59.6 Å². The summed E-state index contributed by atoms with van der Waals surface area (Å²) in [4.78, 5) is 16.6. The van der Waals surface area contributed by atoms with E-state index in [2.05, 4.69) is 15.5 Å². The van der Waals surface area contributed by atoms with Gasteiger partial charge in [0.05, 0.1) is 16.4 Å². The largest absolute Gasteiger partial charge is 0.508 e. The van der Waals surface area contributed by atoms with Crippen LogP contribution in [0.25, 0.3) is 16.9 Å². The molecule has 1 heterocycles. The Kier molecular flexibility index (Phi) is 6.02. The van der Waals surface area contributed by atoms with Gasteiger partial charge in [-0.05, 0) is 42.0 Å². The summed E-state index contributed by atoms with van der Waals surface area (Å²) < 4.78 is 1.82. The fourth-order valence-electron chi connectivity index (χ4n) is 2.99. The third kappa shape index (κ3) is 4.77. The summed E-state index contributed by atoms with van der Waals surface area (Å²) in [6, 6.07) is 22.6. The maximum absolute atomic E-state index is 12.3. The standard InChI is InChI=1S/C23H16Cl2N4O2/c24-17-9-10-20(19(25)12-17)29-14-26-22(13-21(29)15-5-2-1-3-6-15)27-28-23(31)16-7-4-8-18(30)11-16/h1-14,30H,(H,28,31)/b27-22+. The highest BCUT2D eigenvalue weighted by atomic mass is 35.5. The fraction of sp³-hybridized carbons (Fsp3) is 0. The van der Waals surface area contributed by atoms with Gasteiger partial charge in [0, 0.05) is 16.7 Å². The predicted octanol–water partition coefficient (Wildman–Crippen LogP) is 4.80. The molecule has 8 heteroatoms. The maximum atomic E-state index is 12.3. The number of hydrogen-bond acceptors (Lipinski definition) is 4. The van der Waals surface area contributed by atoms with E-state index >= 15 is 0 Å². The Morgan fingerprint density at radius 2 is 1.77 bits per heavy atom. The zero-order valence-corrected chi connectivity index (χ0v) is 17.5. The van der Waals surface area contributed by atoms with Crippen molar-refractivity contribution in [1.82, 2.24) is 15.0 Å². The monoisotopic (exact) mass is 450 g/mol. The van der Waals surface area contributed by atoms with Crippen molar-refractivity contribution in [3.8, 4) is 22.7 Å². The van der Waals surface area contributed by atoms with Gasteiger partial charge in [0.15, 0.2) is 5.49 Å². The van der Waals surface area contributed by atoms with Gasteiger partial charge >= 0.3 is 0 Å². The van der Waals surface area contributed by atoms with E-state index in [1.165, 1.54) is 12.1 Å². The zero-order chi connectivity index (χ0) is 21.8. The molecule has 0 aliphatic rings. The molecule has 4 aromatic rings. The molecule has 0 bridgehead atoms. The first-order chi connectivity index (χ1) is 15.0. The van der Waals surface area contributed by atoms with Crippen molar-refractivity contribution in [3.05, 3.63) is 106 Å². The summed E-state index contributed by atoms with van der Waals surface area (Å²) in [6.07, 6.45) is 1.58. The molecule has 154 valence electrons. The van der Waals surface area contributed by atoms with Crippen molar-refractivity contribution in [2.24, 2.45) is 5.10 Å². The summed E-state index contributed by atoms with van der Waals surface area (Å²) in [5, 5.41) is 14.7. The number of halogens is 2. The number of carbonyl (C=O) groups is 1. The molecule has 1 amide bonds. The van der Waals surface area contributed by atoms with E-state index in [9.17, 15) is 9.90 Å². The molecule has 1 aromatic heterocycles. The number of amides is 1. The second kappa shape index (κ2) is 9.04. The van der Waals surface area contributed by atoms with Gasteiger partial charge in [0.25, 0.3) is 5.91 Å². The first-order valence-corrected chi connectivity index (χ1v) is 9.99. The Hall–Kier alpha value is -3.61. The van der Waals surface area contributed by atoms with Crippen LogP contribution in [0.3, 0.4) is 0 Å². The Balaban J connectivity index is 1.76. The Morgan fingerprint density at radius 1 is 0.968 bits per heavy atom. The Bertz CT molecular complexity index is 1320. The van der Waals surface area contributed by atoms with Crippen molar-refractivity contribution in [2.45, 2.75) is 0 Å². The highest BCUT2D eigenvalue weighted by Gasteiger charge is 2.10. The van der Waals surface area contributed by atoms with E-state index in [-0.39, 0.29) is 11.3 Å². The van der Waals surface area contributed by atoms with Crippen molar-refractivity contribution in [1.29, 1.82) is 0 Å². The average molecular weight is 451 g/mol. The Morgan fingerprint density at radius 3 is 2.52 bits per heavy atom. The van der Waals surface area contributed by atoms with Gasteiger partial charge < -0.3 is 5.11 Å². The number of benzene rings is 3. The lowest BCUT2D eigenvalue weighted by atomic mass is 10.1. The molecule has 2 N–H and O–H groups in total. The van der Waals surface area contributed by atoms with Gasteiger partial charge in [-0.3, -0.25) is 9.36 Å². The minimum absolute atomic E-state index is 0.00210. The maximum Gasteiger partial charge on any atom is 0.271 e. The van der Waals surface area contributed by atoms with Gasteiger partial charge in [0.1, 0.15) is 12.1 Å². The minimum Gasteiger partial charge on any atom is -0.508 e. The molecular weight excluding hydrogens is 435 g/mol. The predicted molar refractivity (Wildman–Crippen MR) is 120 cm³/mol. The second-order valence-corrected chi connectivity index (χ2v) is 7.41. The summed E-state index contributed by atoms with van der Waals surface area (Å²) in [5.74, 6) is -0.464. The third-order valence-corrected chi connectivity index (χ3v) is 4.99. The van der Waals surface area contributed by atoms with Crippen LogP contribution in [0, 0.1) is 0 Å². The molecule has 0 saturated carbocycles. The van der Waals surface area contributed by atoms with Crippen LogP contribution in [-0.2, 0) is 0 Å². The minimum atomic E-state index is -0.462. The van der Waals surface area contributed by atoms with E-state index in [1.807, 2.05) is 34.9 Å². The number of rotatable bonds is 4. The van der Waals surface area contributed by atoms with E-state index < -0.39 is 5.91 Å². The van der Waals surface area contributed by atoms with Crippen LogP contribution >= 0.6 is 23.2 Å². The molecule has 0 unspecified atom stereocenters. The fourth-order valence-corrected chi connectivity index (χ4v) is 3.49. The summed E-state index contributed by atoms with van der Waals surface area (Å²) in [7, 11) is 0. The molecule has 6 nitrogen and oxygen atoms in total. The lowest BCUT2D eigenvalue weighted by Gasteiger charge is -2.15. The topological polar surface area (TPSA) is 79.5 Å². The van der Waals surface area contributed by atoms with Gasteiger partial charge in [0.2, 0.25) is 0 Å². The number of nitrogens with zero attached hydrogens (tertiary/aromatic N) is 3. The second-order valence-electron chi connectivity index (χ2n) is 6.57. The molecule has 0 fully saturated rings. The highest BCUT2D eigenvalue weighted by molar-refractivity contribution is 6.35. The third-order valence-electron chi connectivity index (χ3n) is 4.45. The number of carbonyl (C=O) groups excluding carboxylic acids is 1. The average Bonchev–Trinajstić information content (AvgIpc) is 2.78. The lowest BCUT2D eigenvalue weighted by Crippen LogP contribution is -2.23. The van der Waals surface area contributed by atoms with E-state index in [0.29, 0.717) is 21.2 Å². The SMILES string of the molecule is O=C(N/N=c1\cc(-c2ccccc2)n(-c2ccc(Cl)cc2Cl)cn1)c1cccc(O)c1. The molecular formula is C23H16Cl2N4O2. The van der Waals surface area contributed by atoms with Crippen LogP contribution in [0.1, 0.15) is 10.4 Å². The molecule has 31 heavy (non-hydrogen) atoms. The molecule has 0 aliphatic heterocycles. The van der Waals surface area contributed by atoms with Crippen LogP contribution < -0.4 is 10.9 Å². The Labute approximate surface area is 188 Å². The van der Waals surface area contributed by atoms with Crippen LogP contribution in [0.2, 0.25) is 10.0 Å². The number of aromatic hydroxyl groups is 1. The van der Waals surface area contributed by atoms with Crippen molar-refractivity contribution < 1.29 is 9.90 Å². The van der Waals surface area contributed by atoms with Crippen LogP contribution in [0.15, 0.2) is 90.3 Å². The van der Waals surface area contributed by atoms with E-state index in [1.54, 1.807) is 42.7 Å². The summed E-state index contributed by atoms with van der Waals surface area (Å²) in [6.45, 7) is 0. The molecule has 0 spiro atoms. The van der Waals surface area contributed by atoms with Crippen LogP contribution in [-0.4, -0.2) is 20.6 Å². The number of hydrogen-bond donors (Lipinski definition) is 2. The van der Waals surface area contributed by atoms with Crippen molar-refractivity contribution >= 4 is 29.1 Å². The molecule has 4 rings (SSSR count). The molecule has 3 aromatic carbocycles. The van der Waals surface area contributed by atoms with Crippen LogP contribution in [0.4, 0.5) is 0 Å². The number of nitrogens with one attached hydrogen (secondary N) is 1. The molecule has 0 saturated heterocycles. The lowest BCUT2D eigenvalue weighted by molar-refractivity contribution is 0.0952. The van der Waals surface area contributed by atoms with Crippen molar-refractivity contribution in [2.75, 3.05) is 0 Å². The highest BCUT2D eigenvalue weighted by Crippen LogP contribution is 2.28. The molecule has 0 aliphatic carbocycles. The number of phenolic OH excluding ortho intramolecular Hbond substituents is 1. The normalized spacial score (nSPS) is 11.4. The van der Waals surface area contributed by atoms with Crippen LogP contribution in [0.5, 0.6) is 5.75 Å². The van der Waals surface area contributed by atoms with Gasteiger partial charge in [-0.15, -0.1) is 0 Å². The quantitative estimate of drug-likeness (QED) is 0.438. The van der Waals surface area contributed by atoms with Crippen molar-refractivity contribution in [3.63, 3.8) is 0 Å². The first-order valence-electron chi connectivity index (χ1n) is 9.24. The van der Waals surface area contributed by atoms with Gasteiger partial charge in [-0.25, -0.2) is 10.4 Å². The van der Waals surface area contributed by atoms with E-state index in [0.717, 1.165) is 11.3 Å². The summed E-state index contributed by atoms with van der Waals surface area (Å²) in [5.41, 5.74) is 5.42. The number of aromatic nitrogens is 2. The summed E-state index contributed by atoms with van der Waals surface area (Å²) >= 11 is 12.5. The number of phenols is 1. The zero-order valence-electron chi connectivity index (χ0n) is 16.0. The smallest absolute Gasteiger partial charge is 0.271 e. The molecule has 0 atom stereocenters. The van der Waals surface area contributed by atoms with Gasteiger partial charge in [-0.2, -0.15) is 5.10 Å². The van der Waals surface area contributed by atoms with E-state index in [4.69, 9.17) is 23.2 Å².